The lowest BCUT2D eigenvalue weighted by Crippen LogP contribution is -1.93. The van der Waals surface area contributed by atoms with Gasteiger partial charge < -0.3 is 23.7 Å². The summed E-state index contributed by atoms with van der Waals surface area (Å²) in [5, 5.41) is 10.0. The van der Waals surface area contributed by atoms with Crippen LogP contribution in [0.3, 0.4) is 0 Å². The standard InChI is InChI=1S/C18H16BrNO5/c1-22-14-5-4-10(7-13(14)21)17-16(20-9-25-17)11-6-12(19)18(24-3)15(8-11)23-2/h4-9,21H,1-3H3. The molecule has 0 saturated heterocycles. The maximum absolute atomic E-state index is 10.0. The van der Waals surface area contributed by atoms with E-state index in [1.54, 1.807) is 32.4 Å². The van der Waals surface area contributed by atoms with Gasteiger partial charge in [0.2, 0.25) is 0 Å². The van der Waals surface area contributed by atoms with Gasteiger partial charge in [-0.25, -0.2) is 4.98 Å². The number of phenols is 1. The number of hydrogen-bond acceptors (Lipinski definition) is 6. The highest BCUT2D eigenvalue weighted by atomic mass is 79.9. The number of ether oxygens (including phenoxy) is 3. The van der Waals surface area contributed by atoms with E-state index in [0.29, 0.717) is 34.3 Å². The lowest BCUT2D eigenvalue weighted by Gasteiger charge is -2.12. The molecule has 2 aromatic carbocycles. The van der Waals surface area contributed by atoms with Crippen molar-refractivity contribution in [3.8, 4) is 45.6 Å². The van der Waals surface area contributed by atoms with Gasteiger partial charge in [-0.15, -0.1) is 0 Å². The lowest BCUT2D eigenvalue weighted by molar-refractivity contribution is 0.353. The van der Waals surface area contributed by atoms with Crippen molar-refractivity contribution in [3.63, 3.8) is 0 Å². The number of methoxy groups -OCH3 is 3. The first-order valence-corrected chi connectivity index (χ1v) is 8.11. The predicted molar refractivity (Wildman–Crippen MR) is 96.4 cm³/mol. The van der Waals surface area contributed by atoms with Crippen molar-refractivity contribution in [3.05, 3.63) is 41.2 Å². The van der Waals surface area contributed by atoms with Crippen molar-refractivity contribution in [2.24, 2.45) is 0 Å². The molecule has 7 heteroatoms. The smallest absolute Gasteiger partial charge is 0.182 e. The highest BCUT2D eigenvalue weighted by molar-refractivity contribution is 9.10. The molecule has 1 aromatic heterocycles. The largest absolute Gasteiger partial charge is 0.504 e. The molecule has 0 saturated carbocycles. The van der Waals surface area contributed by atoms with Gasteiger partial charge in [0.05, 0.1) is 25.8 Å². The first-order valence-electron chi connectivity index (χ1n) is 7.31. The Balaban J connectivity index is 2.11. The van der Waals surface area contributed by atoms with E-state index in [9.17, 15) is 5.11 Å². The normalized spacial score (nSPS) is 10.6. The predicted octanol–water partition coefficient (Wildman–Crippen LogP) is 4.50. The van der Waals surface area contributed by atoms with Gasteiger partial charge in [0.25, 0.3) is 0 Å². The molecule has 3 rings (SSSR count). The van der Waals surface area contributed by atoms with Gasteiger partial charge in [-0.1, -0.05) is 0 Å². The van der Waals surface area contributed by atoms with E-state index < -0.39 is 0 Å². The quantitative estimate of drug-likeness (QED) is 0.673. The van der Waals surface area contributed by atoms with Gasteiger partial charge in [0.15, 0.2) is 35.2 Å². The fourth-order valence-corrected chi connectivity index (χ4v) is 3.15. The molecule has 6 nitrogen and oxygen atoms in total. The maximum atomic E-state index is 10.0. The third-order valence-electron chi connectivity index (χ3n) is 3.72. The van der Waals surface area contributed by atoms with Gasteiger partial charge in [-0.3, -0.25) is 0 Å². The van der Waals surface area contributed by atoms with Crippen LogP contribution in [0, 0.1) is 0 Å². The zero-order valence-electron chi connectivity index (χ0n) is 13.9. The highest BCUT2D eigenvalue weighted by Gasteiger charge is 2.18. The van der Waals surface area contributed by atoms with Gasteiger partial charge in [-0.05, 0) is 46.3 Å². The maximum Gasteiger partial charge on any atom is 0.182 e. The molecular weight excluding hydrogens is 390 g/mol. The Bertz CT molecular complexity index is 906. The van der Waals surface area contributed by atoms with Crippen LogP contribution in [0.5, 0.6) is 23.0 Å². The molecule has 0 aliphatic carbocycles. The molecule has 0 aliphatic rings. The van der Waals surface area contributed by atoms with Gasteiger partial charge >= 0.3 is 0 Å². The number of aromatic nitrogens is 1. The molecular formula is C18H16BrNO5. The molecule has 0 spiro atoms. The second kappa shape index (κ2) is 7.06. The molecule has 0 bridgehead atoms. The van der Waals surface area contributed by atoms with Crippen molar-refractivity contribution in [2.45, 2.75) is 0 Å². The van der Waals surface area contributed by atoms with Crippen LogP contribution in [0.25, 0.3) is 22.6 Å². The average Bonchev–Trinajstić information content (AvgIpc) is 3.10. The topological polar surface area (TPSA) is 74.0 Å². The molecule has 0 radical (unpaired) electrons. The summed E-state index contributed by atoms with van der Waals surface area (Å²) < 4.78 is 22.1. The van der Waals surface area contributed by atoms with E-state index in [1.807, 2.05) is 12.1 Å². The molecule has 0 fully saturated rings. The van der Waals surface area contributed by atoms with Crippen LogP contribution in [-0.2, 0) is 0 Å². The Hall–Kier alpha value is -2.67. The van der Waals surface area contributed by atoms with Gasteiger partial charge in [-0.2, -0.15) is 0 Å². The fourth-order valence-electron chi connectivity index (χ4n) is 2.54. The molecule has 25 heavy (non-hydrogen) atoms. The molecule has 0 amide bonds. The van der Waals surface area contributed by atoms with Crippen LogP contribution in [-0.4, -0.2) is 31.4 Å². The number of oxazole rings is 1. The zero-order chi connectivity index (χ0) is 18.0. The number of hydrogen-bond donors (Lipinski definition) is 1. The van der Waals surface area contributed by atoms with Gasteiger partial charge in [0, 0.05) is 11.1 Å². The lowest BCUT2D eigenvalue weighted by atomic mass is 10.0. The van der Waals surface area contributed by atoms with Crippen LogP contribution in [0.15, 0.2) is 45.6 Å². The Morgan fingerprint density at radius 3 is 2.36 bits per heavy atom. The van der Waals surface area contributed by atoms with E-state index >= 15 is 0 Å². The SMILES string of the molecule is COc1ccc(-c2ocnc2-c2cc(Br)c(OC)c(OC)c2)cc1O. The Kier molecular flexibility index (Phi) is 4.85. The van der Waals surface area contributed by atoms with Crippen LogP contribution in [0.1, 0.15) is 0 Å². The minimum absolute atomic E-state index is 0.0239. The second-order valence-electron chi connectivity index (χ2n) is 5.11. The number of halogens is 1. The van der Waals surface area contributed by atoms with Gasteiger partial charge in [0.1, 0.15) is 5.69 Å². The first-order chi connectivity index (χ1) is 12.1. The summed E-state index contributed by atoms with van der Waals surface area (Å²) in [7, 11) is 4.64. The van der Waals surface area contributed by atoms with E-state index in [4.69, 9.17) is 18.6 Å². The highest BCUT2D eigenvalue weighted by Crippen LogP contribution is 2.42. The van der Waals surface area contributed by atoms with E-state index in [2.05, 4.69) is 20.9 Å². The van der Waals surface area contributed by atoms with Crippen molar-refractivity contribution in [1.82, 2.24) is 4.98 Å². The summed E-state index contributed by atoms with van der Waals surface area (Å²) in [6, 6.07) is 8.71. The summed E-state index contributed by atoms with van der Waals surface area (Å²) in [6.07, 6.45) is 1.36. The van der Waals surface area contributed by atoms with E-state index in [0.717, 1.165) is 10.0 Å². The summed E-state index contributed by atoms with van der Waals surface area (Å²) in [6.45, 7) is 0. The van der Waals surface area contributed by atoms with Crippen molar-refractivity contribution >= 4 is 15.9 Å². The molecule has 1 N–H and O–H groups in total. The van der Waals surface area contributed by atoms with Crippen LogP contribution >= 0.6 is 15.9 Å². The molecule has 0 unspecified atom stereocenters. The van der Waals surface area contributed by atoms with E-state index in [-0.39, 0.29) is 5.75 Å². The molecule has 130 valence electrons. The zero-order valence-corrected chi connectivity index (χ0v) is 15.5. The number of nitrogens with zero attached hydrogens (tertiary/aromatic N) is 1. The third kappa shape index (κ3) is 3.15. The Labute approximate surface area is 153 Å². The summed E-state index contributed by atoms with van der Waals surface area (Å²) in [4.78, 5) is 4.31. The third-order valence-corrected chi connectivity index (χ3v) is 4.30. The minimum atomic E-state index is 0.0239. The second-order valence-corrected chi connectivity index (χ2v) is 5.96. The van der Waals surface area contributed by atoms with E-state index in [1.165, 1.54) is 13.5 Å². The number of rotatable bonds is 5. The van der Waals surface area contributed by atoms with Crippen molar-refractivity contribution < 1.29 is 23.7 Å². The fraction of sp³-hybridized carbons (Fsp3) is 0.167. The monoisotopic (exact) mass is 405 g/mol. The first kappa shape index (κ1) is 17.2. The summed E-state index contributed by atoms with van der Waals surface area (Å²) in [5.41, 5.74) is 2.08. The average molecular weight is 406 g/mol. The summed E-state index contributed by atoms with van der Waals surface area (Å²) >= 11 is 3.48. The van der Waals surface area contributed by atoms with Crippen LogP contribution in [0.2, 0.25) is 0 Å². The van der Waals surface area contributed by atoms with Crippen LogP contribution in [0.4, 0.5) is 0 Å². The Morgan fingerprint density at radius 1 is 0.960 bits per heavy atom. The summed E-state index contributed by atoms with van der Waals surface area (Å²) in [5.74, 6) is 2.10. The van der Waals surface area contributed by atoms with Crippen molar-refractivity contribution in [1.29, 1.82) is 0 Å². The van der Waals surface area contributed by atoms with Crippen molar-refractivity contribution in [2.75, 3.05) is 21.3 Å². The Morgan fingerprint density at radius 2 is 1.72 bits per heavy atom. The number of phenolic OH excluding ortho intramolecular Hbond substituents is 1. The number of benzene rings is 2. The molecule has 1 heterocycles. The minimum Gasteiger partial charge on any atom is -0.504 e. The molecule has 0 atom stereocenters. The number of aromatic hydroxyl groups is 1. The van der Waals surface area contributed by atoms with Crippen LogP contribution < -0.4 is 14.2 Å². The molecule has 0 aliphatic heterocycles. The molecule has 3 aromatic rings.